The summed E-state index contributed by atoms with van der Waals surface area (Å²) in [5, 5.41) is 20.5. The van der Waals surface area contributed by atoms with Gasteiger partial charge in [-0.2, -0.15) is 0 Å². The summed E-state index contributed by atoms with van der Waals surface area (Å²) in [5.41, 5.74) is 0. The predicted octanol–water partition coefficient (Wildman–Crippen LogP) is 11.1. The van der Waals surface area contributed by atoms with Gasteiger partial charge in [-0.15, -0.1) is 0 Å². The van der Waals surface area contributed by atoms with E-state index in [2.05, 4.69) is 38.2 Å². The van der Waals surface area contributed by atoms with E-state index in [4.69, 9.17) is 0 Å². The van der Waals surface area contributed by atoms with Gasteiger partial charge >= 0.3 is 17.1 Å². The van der Waals surface area contributed by atoms with Crippen LogP contribution in [0.2, 0.25) is 0 Å². The van der Waals surface area contributed by atoms with Crippen LogP contribution >= 0.6 is 0 Å². The zero-order valence-electron chi connectivity index (χ0n) is 29.9. The number of allylic oxidation sites excluding steroid dienone is 4. The Hall–Kier alpha value is -1.06. The Balaban J connectivity index is -0.000000767. The van der Waals surface area contributed by atoms with Gasteiger partial charge in [-0.05, 0) is 77.0 Å². The molecule has 0 bridgehead atoms. The van der Waals surface area contributed by atoms with Gasteiger partial charge in [-0.25, -0.2) is 0 Å². The molecule has 5 heteroatoms. The maximum atomic E-state index is 10.2. The molecule has 0 N–H and O–H groups in total. The van der Waals surface area contributed by atoms with Crippen LogP contribution in [0.25, 0.3) is 0 Å². The van der Waals surface area contributed by atoms with Crippen LogP contribution in [0.15, 0.2) is 24.3 Å². The number of carbonyl (C=O) groups is 2. The zero-order chi connectivity index (χ0) is 32.6. The van der Waals surface area contributed by atoms with Crippen molar-refractivity contribution in [3.05, 3.63) is 24.3 Å². The van der Waals surface area contributed by atoms with Crippen molar-refractivity contribution in [2.75, 3.05) is 0 Å². The van der Waals surface area contributed by atoms with Crippen LogP contribution < -0.4 is 10.2 Å². The minimum Gasteiger partial charge on any atom is -0.550 e. The summed E-state index contributed by atoms with van der Waals surface area (Å²) in [6, 6.07) is 0. The first kappa shape index (κ1) is 48.3. The number of hydrogen-bond acceptors (Lipinski definition) is 4. The average Bonchev–Trinajstić information content (AvgIpc) is 3.00. The smallest absolute Gasteiger partial charge is 0.550 e. The summed E-state index contributed by atoms with van der Waals surface area (Å²) in [5.74, 6) is -1.83. The van der Waals surface area contributed by atoms with E-state index in [1.165, 1.54) is 154 Å². The van der Waals surface area contributed by atoms with E-state index >= 15 is 0 Å². The van der Waals surface area contributed by atoms with Crippen molar-refractivity contribution >= 4 is 11.9 Å². The third-order valence-corrected chi connectivity index (χ3v) is 8.29. The standard InChI is InChI=1S/2C20H38O2.Fe/c2*1-2-3-4-5-6-7-8-9-10-11-12-13-14-15-16-17-18-19-20(21)22;/h2*11-12H,2-10,13-19H2,1H3,(H,21,22);/q;;+2/p-2/b2*12-11-;. The quantitative estimate of drug-likeness (QED) is 0.0386. The third kappa shape index (κ3) is 52.7. The normalized spacial score (nSPS) is 11.1. The van der Waals surface area contributed by atoms with Gasteiger partial charge in [0.15, 0.2) is 0 Å². The molecule has 0 aromatic carbocycles. The molecule has 0 aromatic heterocycles. The molecule has 4 nitrogen and oxygen atoms in total. The topological polar surface area (TPSA) is 80.3 Å². The fourth-order valence-corrected chi connectivity index (χ4v) is 5.39. The largest absolute Gasteiger partial charge is 2.00 e. The van der Waals surface area contributed by atoms with Gasteiger partial charge in [0, 0.05) is 11.9 Å². The molecule has 0 aliphatic rings. The van der Waals surface area contributed by atoms with Crippen LogP contribution in [0.1, 0.15) is 219 Å². The maximum Gasteiger partial charge on any atom is 2.00 e. The van der Waals surface area contributed by atoms with Crippen molar-refractivity contribution in [1.82, 2.24) is 0 Å². The molecule has 0 heterocycles. The second kappa shape index (κ2) is 45.1. The number of aliphatic carboxylic acids is 2. The minimum absolute atomic E-state index is 0. The molecule has 0 fully saturated rings. The van der Waals surface area contributed by atoms with Crippen LogP contribution in [0.3, 0.4) is 0 Å². The van der Waals surface area contributed by atoms with Crippen molar-refractivity contribution < 1.29 is 36.9 Å². The molecule has 0 amide bonds. The summed E-state index contributed by atoms with van der Waals surface area (Å²) < 4.78 is 0. The molecule has 0 aliphatic carbocycles. The van der Waals surface area contributed by atoms with Crippen LogP contribution in [0.5, 0.6) is 0 Å². The predicted molar refractivity (Wildman–Crippen MR) is 187 cm³/mol. The fourth-order valence-electron chi connectivity index (χ4n) is 5.39. The Morgan fingerprint density at radius 2 is 0.556 bits per heavy atom. The van der Waals surface area contributed by atoms with Gasteiger partial charge < -0.3 is 19.8 Å². The molecule has 0 rings (SSSR count). The van der Waals surface area contributed by atoms with Crippen molar-refractivity contribution in [2.45, 2.75) is 219 Å². The molecule has 0 radical (unpaired) electrons. The summed E-state index contributed by atoms with van der Waals surface area (Å²) in [4.78, 5) is 20.5. The van der Waals surface area contributed by atoms with E-state index in [1.54, 1.807) is 0 Å². The Morgan fingerprint density at radius 1 is 0.356 bits per heavy atom. The van der Waals surface area contributed by atoms with E-state index in [0.717, 1.165) is 38.5 Å². The van der Waals surface area contributed by atoms with Gasteiger partial charge in [0.2, 0.25) is 0 Å². The van der Waals surface area contributed by atoms with Crippen LogP contribution in [0, 0.1) is 0 Å². The number of carboxylic acids is 2. The number of carboxylic acid groups (broad SMARTS) is 2. The Morgan fingerprint density at radius 3 is 0.778 bits per heavy atom. The molecule has 45 heavy (non-hydrogen) atoms. The monoisotopic (exact) mass is 674 g/mol. The minimum atomic E-state index is -0.913. The summed E-state index contributed by atoms with van der Waals surface area (Å²) in [7, 11) is 0. The molecule has 0 aromatic rings. The number of carbonyl (C=O) groups excluding carboxylic acids is 2. The van der Waals surface area contributed by atoms with Gasteiger partial charge in [0.05, 0.1) is 0 Å². The second-order valence-electron chi connectivity index (χ2n) is 12.8. The van der Waals surface area contributed by atoms with Crippen LogP contribution in [-0.2, 0) is 26.7 Å². The number of rotatable bonds is 34. The van der Waals surface area contributed by atoms with Crippen LogP contribution in [0.4, 0.5) is 0 Å². The van der Waals surface area contributed by atoms with E-state index < -0.39 is 11.9 Å². The summed E-state index contributed by atoms with van der Waals surface area (Å²) >= 11 is 0. The van der Waals surface area contributed by atoms with E-state index in [1.807, 2.05) is 0 Å². The SMILES string of the molecule is CCCCCCCCCC/C=C\CCCCCCCC(=O)[O-].CCCCCCCCCC/C=C\CCCCCCCC(=O)[O-].[Fe+2]. The fraction of sp³-hybridized carbons (Fsp3) is 0.850. The van der Waals surface area contributed by atoms with Crippen molar-refractivity contribution in [3.8, 4) is 0 Å². The molecule has 0 aliphatic heterocycles. The number of hydrogen-bond donors (Lipinski definition) is 0. The average molecular weight is 675 g/mol. The zero-order valence-corrected chi connectivity index (χ0v) is 31.0. The van der Waals surface area contributed by atoms with E-state index in [0.29, 0.717) is 0 Å². The van der Waals surface area contributed by atoms with Crippen molar-refractivity contribution in [1.29, 1.82) is 0 Å². The van der Waals surface area contributed by atoms with Gasteiger partial charge in [0.25, 0.3) is 0 Å². The number of unbranched alkanes of at least 4 members (excludes halogenated alkanes) is 26. The Bertz CT molecular complexity index is 578. The molecular weight excluding hydrogens is 600 g/mol. The summed E-state index contributed by atoms with van der Waals surface area (Å²) in [6.45, 7) is 4.53. The maximum absolute atomic E-state index is 10.2. The van der Waals surface area contributed by atoms with Crippen molar-refractivity contribution in [2.24, 2.45) is 0 Å². The first-order chi connectivity index (χ1) is 21.5. The molecule has 0 unspecified atom stereocenters. The molecular formula is C40H74FeO4. The van der Waals surface area contributed by atoms with Gasteiger partial charge in [-0.3, -0.25) is 0 Å². The second-order valence-corrected chi connectivity index (χ2v) is 12.8. The first-order valence-electron chi connectivity index (χ1n) is 19.2. The Kier molecular flexibility index (Phi) is 48.4. The van der Waals surface area contributed by atoms with Crippen molar-refractivity contribution in [3.63, 3.8) is 0 Å². The van der Waals surface area contributed by atoms with E-state index in [9.17, 15) is 19.8 Å². The van der Waals surface area contributed by atoms with Gasteiger partial charge in [-0.1, -0.05) is 167 Å². The van der Waals surface area contributed by atoms with Crippen LogP contribution in [-0.4, -0.2) is 11.9 Å². The molecule has 0 spiro atoms. The molecule has 0 atom stereocenters. The van der Waals surface area contributed by atoms with Gasteiger partial charge in [0.1, 0.15) is 0 Å². The molecule has 0 saturated carbocycles. The third-order valence-electron chi connectivity index (χ3n) is 8.29. The first-order valence-corrected chi connectivity index (χ1v) is 19.2. The van der Waals surface area contributed by atoms with E-state index in [-0.39, 0.29) is 29.9 Å². The Labute approximate surface area is 291 Å². The molecule has 0 saturated heterocycles. The summed E-state index contributed by atoms with van der Waals surface area (Å²) in [6.07, 6.45) is 47.7. The molecule has 266 valence electrons.